The molecule has 2 aliphatic rings. The molecule has 0 N–H and O–H groups in total. The molecule has 2 fully saturated rings. The van der Waals surface area contributed by atoms with Crippen LogP contribution in [-0.2, 0) is 4.74 Å². The van der Waals surface area contributed by atoms with Crippen LogP contribution < -0.4 is 4.90 Å². The molecule has 1 aliphatic carbocycles. The van der Waals surface area contributed by atoms with E-state index in [1.807, 2.05) is 0 Å². The smallest absolute Gasteiger partial charge is 0.415 e. The molecule has 12 heteroatoms. The summed E-state index contributed by atoms with van der Waals surface area (Å²) in [7, 11) is 0. The lowest BCUT2D eigenvalue weighted by atomic mass is 10.0. The number of hydrogen-bond acceptors (Lipinski definition) is 5. The van der Waals surface area contributed by atoms with Crippen LogP contribution in [0.25, 0.3) is 22.2 Å². The summed E-state index contributed by atoms with van der Waals surface area (Å²) < 4.78 is 62.5. The molecule has 4 aromatic rings. The molecular weight excluding hydrogens is 474 g/mol. The molecule has 0 bridgehead atoms. The molecule has 1 aliphatic heterocycles. The number of aromatic nitrogens is 4. The van der Waals surface area contributed by atoms with Crippen molar-refractivity contribution in [2.24, 2.45) is 0 Å². The molecule has 1 amide bonds. The van der Waals surface area contributed by atoms with E-state index in [2.05, 4.69) is 10.1 Å². The number of cyclic esters (lactones) is 1. The van der Waals surface area contributed by atoms with E-state index < -0.39 is 29.9 Å². The lowest BCUT2D eigenvalue weighted by Crippen LogP contribution is -2.27. The van der Waals surface area contributed by atoms with E-state index in [0.29, 0.717) is 27.8 Å². The summed E-state index contributed by atoms with van der Waals surface area (Å²) >= 11 is 0.00506. The number of imidazole rings is 1. The van der Waals surface area contributed by atoms with Gasteiger partial charge in [-0.1, -0.05) is 12.1 Å². The third kappa shape index (κ3) is 3.31. The first-order valence-corrected chi connectivity index (χ1v) is 11.0. The molecule has 34 heavy (non-hydrogen) atoms. The van der Waals surface area contributed by atoms with E-state index in [0.717, 1.165) is 0 Å². The second kappa shape index (κ2) is 7.49. The van der Waals surface area contributed by atoms with Crippen molar-refractivity contribution < 1.29 is 26.6 Å². The van der Waals surface area contributed by atoms with Crippen LogP contribution in [0.3, 0.4) is 0 Å². The summed E-state index contributed by atoms with van der Waals surface area (Å²) in [5.41, 5.74) is 2.65. The Morgan fingerprint density at radius 1 is 1.15 bits per heavy atom. The van der Waals surface area contributed by atoms with Crippen molar-refractivity contribution in [2.75, 3.05) is 11.5 Å². The van der Waals surface area contributed by atoms with Crippen molar-refractivity contribution in [1.29, 1.82) is 0 Å². The van der Waals surface area contributed by atoms with Crippen LogP contribution in [-0.4, -0.2) is 37.4 Å². The second-order valence-corrected chi connectivity index (χ2v) is 8.73. The molecule has 6 rings (SSSR count). The number of amides is 1. The van der Waals surface area contributed by atoms with Gasteiger partial charge >= 0.3 is 6.09 Å². The maximum Gasteiger partial charge on any atom is 0.415 e. The first kappa shape index (κ1) is 21.0. The van der Waals surface area contributed by atoms with Crippen LogP contribution >= 0.6 is 12.3 Å². The number of rotatable bonds is 5. The fourth-order valence-corrected chi connectivity index (χ4v) is 4.55. The van der Waals surface area contributed by atoms with Crippen molar-refractivity contribution in [3.63, 3.8) is 0 Å². The highest BCUT2D eigenvalue weighted by molar-refractivity contribution is 7.92. The van der Waals surface area contributed by atoms with Gasteiger partial charge in [0, 0.05) is 23.7 Å². The highest BCUT2D eigenvalue weighted by atomic mass is 32.2. The first-order chi connectivity index (χ1) is 16.4. The van der Waals surface area contributed by atoms with Gasteiger partial charge in [-0.2, -0.15) is 5.10 Å². The third-order valence-corrected chi connectivity index (χ3v) is 6.57. The molecule has 2 aromatic carbocycles. The number of carbonyl (C=O) groups is 1. The molecular formula is C22H15F4N5O2S. The summed E-state index contributed by atoms with van der Waals surface area (Å²) in [6.07, 6.45) is 3.31. The van der Waals surface area contributed by atoms with Crippen LogP contribution in [0.5, 0.6) is 0 Å². The van der Waals surface area contributed by atoms with E-state index in [1.165, 1.54) is 38.3 Å². The fourth-order valence-electron chi connectivity index (χ4n) is 4.24. The first-order valence-electron chi connectivity index (χ1n) is 10.3. The van der Waals surface area contributed by atoms with Gasteiger partial charge in [0.2, 0.25) is 0 Å². The van der Waals surface area contributed by atoms with Crippen molar-refractivity contribution in [1.82, 2.24) is 18.7 Å². The lowest BCUT2D eigenvalue weighted by Gasteiger charge is -2.22. The van der Waals surface area contributed by atoms with Gasteiger partial charge in [0.1, 0.15) is 30.8 Å². The molecule has 1 saturated heterocycles. The van der Waals surface area contributed by atoms with Crippen molar-refractivity contribution in [2.45, 2.75) is 24.4 Å². The number of halogens is 4. The predicted octanol–water partition coefficient (Wildman–Crippen LogP) is 5.70. The Morgan fingerprint density at radius 2 is 1.97 bits per heavy atom. The van der Waals surface area contributed by atoms with Crippen LogP contribution in [0.2, 0.25) is 0 Å². The number of alkyl halides is 2. The highest BCUT2D eigenvalue weighted by Crippen LogP contribution is 2.52. The third-order valence-electron chi connectivity index (χ3n) is 6.13. The van der Waals surface area contributed by atoms with Gasteiger partial charge in [0.15, 0.2) is 12.3 Å². The highest BCUT2D eigenvalue weighted by Gasteiger charge is 2.59. The second-order valence-electron chi connectivity index (χ2n) is 8.20. The number of fused-ring (bicyclic) bond motifs is 1. The fraction of sp³-hybridized carbons (Fsp3) is 0.227. The van der Waals surface area contributed by atoms with Gasteiger partial charge in [-0.3, -0.25) is 9.58 Å². The van der Waals surface area contributed by atoms with Gasteiger partial charge in [0.25, 0.3) is 5.92 Å². The minimum atomic E-state index is -2.76. The van der Waals surface area contributed by atoms with Crippen LogP contribution in [0.4, 0.5) is 27.5 Å². The Balaban J connectivity index is 1.30. The molecule has 7 nitrogen and oxygen atoms in total. The molecule has 174 valence electrons. The Bertz CT molecular complexity index is 1440. The topological polar surface area (TPSA) is 65.2 Å². The quantitative estimate of drug-likeness (QED) is 0.337. The van der Waals surface area contributed by atoms with Crippen LogP contribution in [0.1, 0.15) is 24.1 Å². The molecule has 3 heterocycles. The minimum Gasteiger partial charge on any atom is -0.447 e. The molecule has 2 aromatic heterocycles. The van der Waals surface area contributed by atoms with E-state index >= 15 is 4.39 Å². The van der Waals surface area contributed by atoms with Gasteiger partial charge in [-0.15, -0.1) is 3.89 Å². The summed E-state index contributed by atoms with van der Waals surface area (Å²) in [6.45, 7) is -0.0589. The van der Waals surface area contributed by atoms with Gasteiger partial charge < -0.3 is 4.74 Å². The number of carbonyl (C=O) groups excluding carboxylic acids is 1. The molecule has 0 radical (unpaired) electrons. The van der Waals surface area contributed by atoms with Crippen molar-refractivity contribution in [3.05, 3.63) is 66.5 Å². The molecule has 2 atom stereocenters. The van der Waals surface area contributed by atoms with Crippen molar-refractivity contribution >= 4 is 35.1 Å². The monoisotopic (exact) mass is 489 g/mol. The SMILES string of the molecule is O=C1OCC(c2ccc(-c3cnn(C4CC4(F)F)c3)cc2F)N1c1ccc2c(c1)ncn2SF. The Hall–Kier alpha value is -3.54. The standard InChI is InChI=1S/C22H15F4N5O2S/c23-16-5-12(13-8-28-29(9-13)20-7-22(20,24)25)1-3-15(16)19-10-33-21(32)31(19)14-2-4-18-17(6-14)27-11-30(18)34-26/h1-6,8-9,11,19-20H,7,10H2. The summed E-state index contributed by atoms with van der Waals surface area (Å²) in [4.78, 5) is 18.0. The average Bonchev–Trinajstić information content (AvgIpc) is 3.26. The lowest BCUT2D eigenvalue weighted by molar-refractivity contribution is 0.0983. The maximum atomic E-state index is 15.2. The zero-order chi connectivity index (χ0) is 23.6. The number of anilines is 1. The summed E-state index contributed by atoms with van der Waals surface area (Å²) in [6, 6.07) is 7.62. The van der Waals surface area contributed by atoms with Gasteiger partial charge in [0.05, 0.1) is 22.9 Å². The number of benzene rings is 2. The van der Waals surface area contributed by atoms with E-state index in [1.54, 1.807) is 30.3 Å². The van der Waals surface area contributed by atoms with Crippen LogP contribution in [0.15, 0.2) is 55.1 Å². The Labute approximate surface area is 194 Å². The van der Waals surface area contributed by atoms with Crippen LogP contribution in [0, 0.1) is 5.82 Å². The zero-order valence-corrected chi connectivity index (χ0v) is 18.1. The molecule has 2 unspecified atom stereocenters. The number of nitrogens with zero attached hydrogens (tertiary/aromatic N) is 5. The normalized spacial score (nSPS) is 21.3. The van der Waals surface area contributed by atoms with Gasteiger partial charge in [-0.05, 0) is 29.8 Å². The Morgan fingerprint density at radius 3 is 2.71 bits per heavy atom. The van der Waals surface area contributed by atoms with Gasteiger partial charge in [-0.25, -0.2) is 26.9 Å². The molecule has 1 saturated carbocycles. The molecule has 0 spiro atoms. The summed E-state index contributed by atoms with van der Waals surface area (Å²) in [5.74, 6) is -3.34. The van der Waals surface area contributed by atoms with Crippen molar-refractivity contribution in [3.8, 4) is 11.1 Å². The largest absolute Gasteiger partial charge is 0.447 e. The predicted molar refractivity (Wildman–Crippen MR) is 117 cm³/mol. The summed E-state index contributed by atoms with van der Waals surface area (Å²) in [5, 5.41) is 3.98. The Kier molecular flexibility index (Phi) is 4.63. The number of ether oxygens (including phenoxy) is 1. The van der Waals surface area contributed by atoms with E-state index in [9.17, 15) is 17.5 Å². The van der Waals surface area contributed by atoms with E-state index in [-0.39, 0.29) is 30.9 Å². The number of hydrogen-bond donors (Lipinski definition) is 0. The van der Waals surface area contributed by atoms with E-state index in [4.69, 9.17) is 4.74 Å². The maximum absolute atomic E-state index is 15.2. The average molecular weight is 489 g/mol. The zero-order valence-electron chi connectivity index (χ0n) is 17.2. The minimum absolute atomic E-state index is 0.00506.